The second kappa shape index (κ2) is 7.85. The molecule has 0 saturated heterocycles. The highest BCUT2D eigenvalue weighted by molar-refractivity contribution is 5.86. The van der Waals surface area contributed by atoms with Crippen molar-refractivity contribution in [3.8, 4) is 11.4 Å². The van der Waals surface area contributed by atoms with E-state index in [0.717, 1.165) is 32.1 Å². The topological polar surface area (TPSA) is 89.9 Å². The zero-order valence-corrected chi connectivity index (χ0v) is 16.4. The van der Waals surface area contributed by atoms with E-state index in [0.29, 0.717) is 28.4 Å². The Kier molecular flexibility index (Phi) is 5.67. The van der Waals surface area contributed by atoms with Crippen LogP contribution in [0.4, 0.5) is 10.2 Å². The lowest BCUT2D eigenvalue weighted by Crippen LogP contribution is -2.28. The maximum atomic E-state index is 13.6. The third-order valence-electron chi connectivity index (χ3n) is 5.11. The normalized spacial score (nSPS) is 16.4. The van der Waals surface area contributed by atoms with E-state index in [4.69, 9.17) is 5.73 Å². The van der Waals surface area contributed by atoms with Crippen LogP contribution in [0, 0.1) is 5.82 Å². The molecule has 0 unspecified atom stereocenters. The van der Waals surface area contributed by atoms with Crippen molar-refractivity contribution in [3.05, 3.63) is 42.0 Å². The fourth-order valence-corrected chi connectivity index (χ4v) is 3.62. The highest BCUT2D eigenvalue weighted by Crippen LogP contribution is 2.30. The lowest BCUT2D eigenvalue weighted by atomic mass is 9.84. The minimum Gasteiger partial charge on any atom is -0.386 e. The molecule has 3 aromatic rings. The summed E-state index contributed by atoms with van der Waals surface area (Å²) in [5, 5.41) is 10.6. The van der Waals surface area contributed by atoms with Gasteiger partial charge in [-0.25, -0.2) is 19.3 Å². The standard InChI is InChI=1S/C20H22FN5O.ClH/c1-26-18(13-6-5-7-14(21)12-13)25-16-17(22)23-15(24-19(16)26)8-11-20(27)9-3-2-4-10-20;/h5-8,11-12,27H,2-4,9-10H2,1H3,(H2,22,23,24);1H. The van der Waals surface area contributed by atoms with Gasteiger partial charge in [-0.3, -0.25) is 0 Å². The number of hydrogen-bond acceptors (Lipinski definition) is 5. The molecule has 0 radical (unpaired) electrons. The van der Waals surface area contributed by atoms with Gasteiger partial charge in [0.2, 0.25) is 0 Å². The zero-order valence-electron chi connectivity index (χ0n) is 15.6. The van der Waals surface area contributed by atoms with Gasteiger partial charge in [-0.15, -0.1) is 12.4 Å². The Morgan fingerprint density at radius 1 is 1.18 bits per heavy atom. The van der Waals surface area contributed by atoms with E-state index in [1.165, 1.54) is 12.1 Å². The van der Waals surface area contributed by atoms with Crippen molar-refractivity contribution in [1.82, 2.24) is 19.5 Å². The molecule has 0 aliphatic heterocycles. The lowest BCUT2D eigenvalue weighted by molar-refractivity contribution is 0.0521. The smallest absolute Gasteiger partial charge is 0.166 e. The third-order valence-corrected chi connectivity index (χ3v) is 5.11. The summed E-state index contributed by atoms with van der Waals surface area (Å²) in [7, 11) is 1.81. The van der Waals surface area contributed by atoms with E-state index < -0.39 is 5.60 Å². The number of rotatable bonds is 3. The van der Waals surface area contributed by atoms with Crippen molar-refractivity contribution in [2.45, 2.75) is 37.7 Å². The molecule has 0 amide bonds. The summed E-state index contributed by atoms with van der Waals surface area (Å²) in [6.45, 7) is 0. The van der Waals surface area contributed by atoms with Crippen LogP contribution in [0.1, 0.15) is 37.9 Å². The Balaban J connectivity index is 0.00000225. The van der Waals surface area contributed by atoms with Gasteiger partial charge in [0, 0.05) is 12.6 Å². The Bertz CT molecular complexity index is 1030. The molecular weight excluding hydrogens is 381 g/mol. The Morgan fingerprint density at radius 2 is 1.93 bits per heavy atom. The van der Waals surface area contributed by atoms with Crippen LogP contribution < -0.4 is 5.73 Å². The summed E-state index contributed by atoms with van der Waals surface area (Å²) < 4.78 is 15.3. The van der Waals surface area contributed by atoms with Crippen molar-refractivity contribution < 1.29 is 9.50 Å². The van der Waals surface area contributed by atoms with Gasteiger partial charge in [-0.1, -0.05) is 31.4 Å². The minimum absolute atomic E-state index is 0. The molecule has 1 aliphatic carbocycles. The number of anilines is 1. The SMILES string of the molecule is Cl.Cn1c(-c2cccc(F)c2)nc2c(N)nc(C=CC3(O)CCCCC3)nc21. The molecule has 1 aliphatic rings. The molecule has 28 heavy (non-hydrogen) atoms. The van der Waals surface area contributed by atoms with Gasteiger partial charge in [0.25, 0.3) is 0 Å². The zero-order chi connectivity index (χ0) is 19.0. The second-order valence-electron chi connectivity index (χ2n) is 7.14. The van der Waals surface area contributed by atoms with Crippen LogP contribution >= 0.6 is 12.4 Å². The monoisotopic (exact) mass is 403 g/mol. The average Bonchev–Trinajstić information content (AvgIpc) is 2.98. The number of nitrogens with two attached hydrogens (primary N) is 1. The highest BCUT2D eigenvalue weighted by atomic mass is 35.5. The first kappa shape index (κ1) is 20.2. The molecule has 2 aromatic heterocycles. The fraction of sp³-hybridized carbons (Fsp3) is 0.350. The summed E-state index contributed by atoms with van der Waals surface area (Å²) in [6, 6.07) is 6.23. The van der Waals surface area contributed by atoms with Crippen LogP contribution in [0.3, 0.4) is 0 Å². The lowest BCUT2D eigenvalue weighted by Gasteiger charge is -2.28. The summed E-state index contributed by atoms with van der Waals surface area (Å²) in [5.74, 6) is 0.918. The predicted molar refractivity (Wildman–Crippen MR) is 110 cm³/mol. The molecule has 2 heterocycles. The van der Waals surface area contributed by atoms with E-state index in [2.05, 4.69) is 15.0 Å². The molecule has 4 rings (SSSR count). The number of benzene rings is 1. The van der Waals surface area contributed by atoms with Gasteiger partial charge < -0.3 is 15.4 Å². The Labute approximate surface area is 168 Å². The third kappa shape index (κ3) is 3.86. The van der Waals surface area contributed by atoms with Crippen LogP contribution in [0.2, 0.25) is 0 Å². The first-order chi connectivity index (χ1) is 13.0. The summed E-state index contributed by atoms with van der Waals surface area (Å²) in [4.78, 5) is 13.3. The van der Waals surface area contributed by atoms with Crippen LogP contribution in [0.25, 0.3) is 28.6 Å². The summed E-state index contributed by atoms with van der Waals surface area (Å²) in [5.41, 5.74) is 6.98. The van der Waals surface area contributed by atoms with Crippen molar-refractivity contribution in [2.75, 3.05) is 5.73 Å². The van der Waals surface area contributed by atoms with Crippen LogP contribution in [-0.2, 0) is 7.05 Å². The number of hydrogen-bond donors (Lipinski definition) is 2. The van der Waals surface area contributed by atoms with E-state index >= 15 is 0 Å². The number of nitrogen functional groups attached to an aromatic ring is 1. The summed E-state index contributed by atoms with van der Waals surface area (Å²) in [6.07, 6.45) is 8.17. The number of aromatic nitrogens is 4. The van der Waals surface area contributed by atoms with Crippen molar-refractivity contribution in [3.63, 3.8) is 0 Å². The van der Waals surface area contributed by atoms with Crippen molar-refractivity contribution >= 4 is 35.5 Å². The quantitative estimate of drug-likeness (QED) is 0.692. The van der Waals surface area contributed by atoms with Crippen LogP contribution in [0.15, 0.2) is 30.3 Å². The van der Waals surface area contributed by atoms with Crippen LogP contribution in [0.5, 0.6) is 0 Å². The van der Waals surface area contributed by atoms with E-state index in [9.17, 15) is 9.50 Å². The number of nitrogens with zero attached hydrogens (tertiary/aromatic N) is 4. The first-order valence-electron chi connectivity index (χ1n) is 9.13. The fourth-order valence-electron chi connectivity index (χ4n) is 3.62. The van der Waals surface area contributed by atoms with Gasteiger partial charge in [-0.2, -0.15) is 0 Å². The van der Waals surface area contributed by atoms with Crippen molar-refractivity contribution in [1.29, 1.82) is 0 Å². The van der Waals surface area contributed by atoms with Gasteiger partial charge in [0.1, 0.15) is 11.6 Å². The predicted octanol–water partition coefficient (Wildman–Crippen LogP) is 3.88. The van der Waals surface area contributed by atoms with Gasteiger partial charge in [0.05, 0.1) is 5.60 Å². The summed E-state index contributed by atoms with van der Waals surface area (Å²) >= 11 is 0. The number of aliphatic hydroxyl groups is 1. The van der Waals surface area contributed by atoms with Gasteiger partial charge >= 0.3 is 0 Å². The minimum atomic E-state index is -0.801. The van der Waals surface area contributed by atoms with E-state index in [1.54, 1.807) is 28.9 Å². The molecule has 1 fully saturated rings. The molecule has 6 nitrogen and oxygen atoms in total. The van der Waals surface area contributed by atoms with Gasteiger partial charge in [-0.05, 0) is 37.1 Å². The highest BCUT2D eigenvalue weighted by Gasteiger charge is 2.26. The maximum absolute atomic E-state index is 13.6. The molecule has 148 valence electrons. The molecule has 1 aromatic carbocycles. The maximum Gasteiger partial charge on any atom is 0.166 e. The molecule has 0 bridgehead atoms. The van der Waals surface area contributed by atoms with E-state index in [-0.39, 0.29) is 24.0 Å². The molecule has 1 saturated carbocycles. The Hall–Kier alpha value is -2.51. The van der Waals surface area contributed by atoms with Crippen LogP contribution in [-0.4, -0.2) is 30.2 Å². The largest absolute Gasteiger partial charge is 0.386 e. The van der Waals surface area contributed by atoms with Crippen molar-refractivity contribution in [2.24, 2.45) is 7.05 Å². The van der Waals surface area contributed by atoms with E-state index in [1.807, 2.05) is 7.05 Å². The Morgan fingerprint density at radius 3 is 2.64 bits per heavy atom. The average molecular weight is 404 g/mol. The number of aryl methyl sites for hydroxylation is 1. The number of halogens is 2. The first-order valence-corrected chi connectivity index (χ1v) is 9.13. The molecule has 0 spiro atoms. The number of imidazole rings is 1. The molecule has 3 N–H and O–H groups in total. The molecule has 8 heteroatoms. The van der Waals surface area contributed by atoms with Gasteiger partial charge in [0.15, 0.2) is 22.8 Å². The molecule has 0 atom stereocenters. The number of fused-ring (bicyclic) bond motifs is 1. The second-order valence-corrected chi connectivity index (χ2v) is 7.14. The molecular formula is C20H23ClFN5O.